The quantitative estimate of drug-likeness (QED) is 0.823. The van der Waals surface area contributed by atoms with Crippen LogP contribution in [0, 0.1) is 0 Å². The van der Waals surface area contributed by atoms with Crippen LogP contribution in [0.15, 0.2) is 24.3 Å². The molecule has 1 aromatic carbocycles. The molecule has 0 aliphatic heterocycles. The smallest absolute Gasteiger partial charge is 0.358 e. The van der Waals surface area contributed by atoms with Gasteiger partial charge in [0.05, 0.1) is 24.1 Å². The predicted molar refractivity (Wildman–Crippen MR) is 83.0 cm³/mol. The Hall–Kier alpha value is -2.70. The highest BCUT2D eigenvalue weighted by molar-refractivity contribution is 5.89. The molecule has 0 aliphatic rings. The average molecular weight is 317 g/mol. The molecule has 0 radical (unpaired) electrons. The molecule has 1 aromatic heterocycles. The van der Waals surface area contributed by atoms with E-state index in [1.54, 1.807) is 24.3 Å². The number of carboxylic acid groups (broad SMARTS) is 1. The van der Waals surface area contributed by atoms with Gasteiger partial charge in [0.1, 0.15) is 0 Å². The third kappa shape index (κ3) is 3.23. The Balaban J connectivity index is 2.51. The highest BCUT2D eigenvalue weighted by atomic mass is 16.5. The molecule has 0 amide bonds. The summed E-state index contributed by atoms with van der Waals surface area (Å²) in [6.07, 6.45) is 1.56. The number of nitrogens with zero attached hydrogens (tertiary/aromatic N) is 3. The Kier molecular flexibility index (Phi) is 5.10. The summed E-state index contributed by atoms with van der Waals surface area (Å²) in [7, 11) is 1.32. The molecule has 1 heterocycles. The summed E-state index contributed by atoms with van der Waals surface area (Å²) in [4.78, 5) is 22.9. The number of rotatable bonds is 6. The second-order valence-electron chi connectivity index (χ2n) is 5.09. The van der Waals surface area contributed by atoms with Crippen LogP contribution in [0.1, 0.15) is 59.1 Å². The SMILES string of the molecule is CCC(CC)c1c(C(=O)O)nnn1-c1ccc(C(=O)OC)cc1. The third-order valence-corrected chi connectivity index (χ3v) is 3.81. The summed E-state index contributed by atoms with van der Waals surface area (Å²) in [5.74, 6) is -1.48. The second-order valence-corrected chi connectivity index (χ2v) is 5.09. The zero-order valence-corrected chi connectivity index (χ0v) is 13.3. The molecule has 0 aliphatic carbocycles. The lowest BCUT2D eigenvalue weighted by Gasteiger charge is -2.15. The van der Waals surface area contributed by atoms with Crippen molar-refractivity contribution in [3.8, 4) is 5.69 Å². The van der Waals surface area contributed by atoms with Crippen LogP contribution in [0.4, 0.5) is 0 Å². The number of benzene rings is 1. The van der Waals surface area contributed by atoms with E-state index in [4.69, 9.17) is 0 Å². The fraction of sp³-hybridized carbons (Fsp3) is 0.375. The lowest BCUT2D eigenvalue weighted by molar-refractivity contribution is 0.0599. The van der Waals surface area contributed by atoms with Crippen molar-refractivity contribution in [2.45, 2.75) is 32.6 Å². The van der Waals surface area contributed by atoms with Crippen LogP contribution >= 0.6 is 0 Å². The number of hydrogen-bond donors (Lipinski definition) is 1. The number of carboxylic acids is 1. The summed E-state index contributed by atoms with van der Waals surface area (Å²) in [6.45, 7) is 4.00. The summed E-state index contributed by atoms with van der Waals surface area (Å²) in [5, 5.41) is 17.1. The van der Waals surface area contributed by atoms with Crippen molar-refractivity contribution in [3.63, 3.8) is 0 Å². The lowest BCUT2D eigenvalue weighted by atomic mass is 9.97. The van der Waals surface area contributed by atoms with Gasteiger partial charge in [0.25, 0.3) is 0 Å². The number of ether oxygens (including phenoxy) is 1. The highest BCUT2D eigenvalue weighted by Gasteiger charge is 2.25. The first kappa shape index (κ1) is 16.7. The summed E-state index contributed by atoms with van der Waals surface area (Å²) >= 11 is 0. The number of aromatic nitrogens is 3. The molecule has 0 saturated heterocycles. The lowest BCUT2D eigenvalue weighted by Crippen LogP contribution is -2.11. The van der Waals surface area contributed by atoms with Gasteiger partial charge in [-0.15, -0.1) is 5.10 Å². The van der Waals surface area contributed by atoms with Crippen LogP contribution in [0.2, 0.25) is 0 Å². The molecule has 0 saturated carbocycles. The minimum Gasteiger partial charge on any atom is -0.476 e. The van der Waals surface area contributed by atoms with Gasteiger partial charge in [-0.3, -0.25) is 0 Å². The van der Waals surface area contributed by atoms with Gasteiger partial charge >= 0.3 is 11.9 Å². The number of methoxy groups -OCH3 is 1. The molecule has 0 spiro atoms. The van der Waals surface area contributed by atoms with E-state index in [0.29, 0.717) is 16.9 Å². The van der Waals surface area contributed by atoms with Crippen molar-refractivity contribution in [1.82, 2.24) is 15.0 Å². The number of carbonyl (C=O) groups is 2. The fourth-order valence-corrected chi connectivity index (χ4v) is 2.53. The minimum absolute atomic E-state index is 0.0317. The van der Waals surface area contributed by atoms with E-state index in [-0.39, 0.29) is 11.6 Å². The van der Waals surface area contributed by atoms with Crippen molar-refractivity contribution < 1.29 is 19.4 Å². The molecule has 7 nitrogen and oxygen atoms in total. The van der Waals surface area contributed by atoms with Crippen LogP contribution in [0.25, 0.3) is 5.69 Å². The van der Waals surface area contributed by atoms with E-state index >= 15 is 0 Å². The van der Waals surface area contributed by atoms with Gasteiger partial charge < -0.3 is 9.84 Å². The van der Waals surface area contributed by atoms with Gasteiger partial charge in [-0.05, 0) is 37.1 Å². The van der Waals surface area contributed by atoms with Gasteiger partial charge in [0.2, 0.25) is 0 Å². The third-order valence-electron chi connectivity index (χ3n) is 3.81. The predicted octanol–water partition coefficient (Wildman–Crippen LogP) is 2.66. The van der Waals surface area contributed by atoms with Crippen molar-refractivity contribution >= 4 is 11.9 Å². The molecule has 7 heteroatoms. The largest absolute Gasteiger partial charge is 0.476 e. The van der Waals surface area contributed by atoms with Crippen LogP contribution in [-0.4, -0.2) is 39.1 Å². The Morgan fingerprint density at radius 2 is 1.83 bits per heavy atom. The Bertz CT molecular complexity index is 703. The first-order chi connectivity index (χ1) is 11.0. The van der Waals surface area contributed by atoms with Crippen molar-refractivity contribution in [3.05, 3.63) is 41.2 Å². The van der Waals surface area contributed by atoms with Crippen LogP contribution < -0.4 is 0 Å². The van der Waals surface area contributed by atoms with Crippen LogP contribution in [0.3, 0.4) is 0 Å². The maximum atomic E-state index is 11.5. The topological polar surface area (TPSA) is 94.3 Å². The van der Waals surface area contributed by atoms with Gasteiger partial charge in [-0.1, -0.05) is 19.1 Å². The number of esters is 1. The van der Waals surface area contributed by atoms with Gasteiger partial charge in [0, 0.05) is 5.92 Å². The maximum Gasteiger partial charge on any atom is 0.358 e. The van der Waals surface area contributed by atoms with E-state index in [1.165, 1.54) is 11.8 Å². The average Bonchev–Trinajstić information content (AvgIpc) is 3.00. The van der Waals surface area contributed by atoms with Crippen molar-refractivity contribution in [2.24, 2.45) is 0 Å². The summed E-state index contributed by atoms with van der Waals surface area (Å²) in [6, 6.07) is 6.61. The van der Waals surface area contributed by atoms with Gasteiger partial charge in [0.15, 0.2) is 5.69 Å². The zero-order chi connectivity index (χ0) is 17.0. The molecule has 2 rings (SSSR count). The molecule has 23 heavy (non-hydrogen) atoms. The Morgan fingerprint density at radius 3 is 2.30 bits per heavy atom. The second kappa shape index (κ2) is 7.04. The van der Waals surface area contributed by atoms with Gasteiger partial charge in [-0.25, -0.2) is 14.3 Å². The van der Waals surface area contributed by atoms with Crippen molar-refractivity contribution in [2.75, 3.05) is 7.11 Å². The normalized spacial score (nSPS) is 10.8. The van der Waals surface area contributed by atoms with E-state index in [0.717, 1.165) is 12.8 Å². The molecule has 0 atom stereocenters. The highest BCUT2D eigenvalue weighted by Crippen LogP contribution is 2.27. The molecule has 0 unspecified atom stereocenters. The minimum atomic E-state index is -1.09. The first-order valence-corrected chi connectivity index (χ1v) is 7.41. The first-order valence-electron chi connectivity index (χ1n) is 7.41. The van der Waals surface area contributed by atoms with E-state index in [2.05, 4.69) is 15.0 Å². The molecule has 122 valence electrons. The fourth-order valence-electron chi connectivity index (χ4n) is 2.53. The van der Waals surface area contributed by atoms with Gasteiger partial charge in [-0.2, -0.15) is 0 Å². The Morgan fingerprint density at radius 1 is 1.22 bits per heavy atom. The number of carbonyl (C=O) groups excluding carboxylic acids is 1. The van der Waals surface area contributed by atoms with E-state index < -0.39 is 11.9 Å². The zero-order valence-electron chi connectivity index (χ0n) is 13.3. The van der Waals surface area contributed by atoms with Crippen LogP contribution in [-0.2, 0) is 4.74 Å². The Labute approximate surface area is 133 Å². The summed E-state index contributed by atoms with van der Waals surface area (Å²) in [5.41, 5.74) is 1.61. The molecule has 2 aromatic rings. The molecular formula is C16H19N3O4. The summed E-state index contributed by atoms with van der Waals surface area (Å²) < 4.78 is 6.19. The van der Waals surface area contributed by atoms with Crippen molar-refractivity contribution in [1.29, 1.82) is 0 Å². The maximum absolute atomic E-state index is 11.5. The van der Waals surface area contributed by atoms with E-state index in [1.807, 2.05) is 13.8 Å². The monoisotopic (exact) mass is 317 g/mol. The van der Waals surface area contributed by atoms with Crippen LogP contribution in [0.5, 0.6) is 0 Å². The molecule has 0 bridgehead atoms. The standard InChI is InChI=1S/C16H19N3O4/c1-4-10(5-2)14-13(15(20)21)17-18-19(14)12-8-6-11(7-9-12)16(22)23-3/h6-10H,4-5H2,1-3H3,(H,20,21). The molecule has 0 fully saturated rings. The number of hydrogen-bond acceptors (Lipinski definition) is 5. The molecular weight excluding hydrogens is 298 g/mol. The number of aromatic carboxylic acids is 1. The molecule has 1 N–H and O–H groups in total. The van der Waals surface area contributed by atoms with E-state index in [9.17, 15) is 14.7 Å².